The van der Waals surface area contributed by atoms with Crippen LogP contribution in [0.3, 0.4) is 0 Å². The monoisotopic (exact) mass is 292 g/mol. The van der Waals surface area contributed by atoms with Crippen molar-refractivity contribution in [3.05, 3.63) is 41.2 Å². The molecule has 0 fully saturated rings. The maximum Gasteiger partial charge on any atom is 0.299 e. The Kier molecular flexibility index (Phi) is 3.94. The standard InChI is InChI=1S/C14H13FN2O2S/c1-14(2,13(16)19-8-18)11-7-20-12(17-11)9-3-5-10(15)6-4-9/h3-8,16H,1-2H3. The minimum Gasteiger partial charge on any atom is -0.413 e. The molecule has 1 N–H and O–H groups in total. The third-order valence-corrected chi connectivity index (χ3v) is 3.86. The average molecular weight is 292 g/mol. The minimum absolute atomic E-state index is 0.163. The molecule has 0 spiro atoms. The molecule has 0 aliphatic heterocycles. The summed E-state index contributed by atoms with van der Waals surface area (Å²) in [6, 6.07) is 6.05. The summed E-state index contributed by atoms with van der Waals surface area (Å²) < 4.78 is 17.5. The first-order valence-electron chi connectivity index (χ1n) is 5.86. The molecule has 4 nitrogen and oxygen atoms in total. The lowest BCUT2D eigenvalue weighted by molar-refractivity contribution is -0.122. The van der Waals surface area contributed by atoms with Crippen LogP contribution in [0.5, 0.6) is 0 Å². The summed E-state index contributed by atoms with van der Waals surface area (Å²) in [6.07, 6.45) is 0. The summed E-state index contributed by atoms with van der Waals surface area (Å²) in [5.74, 6) is -0.463. The number of nitrogens with zero attached hydrogens (tertiary/aromatic N) is 1. The molecule has 2 rings (SSSR count). The van der Waals surface area contributed by atoms with Crippen LogP contribution in [0.2, 0.25) is 0 Å². The molecule has 1 aromatic carbocycles. The highest BCUT2D eigenvalue weighted by Crippen LogP contribution is 2.31. The second-order valence-electron chi connectivity index (χ2n) is 4.71. The first-order chi connectivity index (χ1) is 9.45. The lowest BCUT2D eigenvalue weighted by Gasteiger charge is -2.20. The fourth-order valence-corrected chi connectivity index (χ4v) is 2.59. The van der Waals surface area contributed by atoms with Gasteiger partial charge in [0.05, 0.1) is 11.1 Å². The molecule has 1 aromatic heterocycles. The smallest absolute Gasteiger partial charge is 0.299 e. The largest absolute Gasteiger partial charge is 0.413 e. The van der Waals surface area contributed by atoms with Crippen LogP contribution in [0.1, 0.15) is 19.5 Å². The van der Waals surface area contributed by atoms with Crippen molar-refractivity contribution in [2.24, 2.45) is 0 Å². The predicted octanol–water partition coefficient (Wildman–Crippen LogP) is 3.38. The maximum absolute atomic E-state index is 12.9. The van der Waals surface area contributed by atoms with Crippen LogP contribution in [-0.2, 0) is 14.9 Å². The molecule has 1 heterocycles. The van der Waals surface area contributed by atoms with Crippen molar-refractivity contribution in [2.45, 2.75) is 19.3 Å². The van der Waals surface area contributed by atoms with Gasteiger partial charge in [0.15, 0.2) is 0 Å². The molecule has 6 heteroatoms. The Balaban J connectivity index is 2.31. The molecule has 0 radical (unpaired) electrons. The molecule has 0 saturated carbocycles. The molecule has 0 bridgehead atoms. The Hall–Kier alpha value is -2.08. The third kappa shape index (κ3) is 2.75. The van der Waals surface area contributed by atoms with E-state index in [0.717, 1.165) is 10.6 Å². The van der Waals surface area contributed by atoms with E-state index in [4.69, 9.17) is 5.41 Å². The van der Waals surface area contributed by atoms with Crippen LogP contribution in [0, 0.1) is 11.2 Å². The molecule has 0 atom stereocenters. The zero-order valence-electron chi connectivity index (χ0n) is 11.0. The van der Waals surface area contributed by atoms with Gasteiger partial charge in [-0.15, -0.1) is 11.3 Å². The van der Waals surface area contributed by atoms with Gasteiger partial charge in [-0.05, 0) is 38.1 Å². The van der Waals surface area contributed by atoms with E-state index in [1.165, 1.54) is 23.5 Å². The Bertz CT molecular complexity index is 635. The topological polar surface area (TPSA) is 63.0 Å². The molecule has 20 heavy (non-hydrogen) atoms. The number of aromatic nitrogens is 1. The average Bonchev–Trinajstić information content (AvgIpc) is 2.90. The SMILES string of the molecule is CC(C)(C(=N)OC=O)c1csc(-c2ccc(F)cc2)n1. The molecule has 104 valence electrons. The van der Waals surface area contributed by atoms with Crippen molar-refractivity contribution in [1.29, 1.82) is 5.41 Å². The van der Waals surface area contributed by atoms with E-state index >= 15 is 0 Å². The normalized spacial score (nSPS) is 11.2. The highest BCUT2D eigenvalue weighted by molar-refractivity contribution is 7.13. The number of carbonyl (C=O) groups excluding carboxylic acids is 1. The Morgan fingerprint density at radius 3 is 2.65 bits per heavy atom. The van der Waals surface area contributed by atoms with E-state index in [1.807, 2.05) is 0 Å². The van der Waals surface area contributed by atoms with Gasteiger partial charge in [-0.2, -0.15) is 0 Å². The highest BCUT2D eigenvalue weighted by Gasteiger charge is 2.31. The number of halogens is 1. The lowest BCUT2D eigenvalue weighted by Crippen LogP contribution is -2.30. The van der Waals surface area contributed by atoms with Gasteiger partial charge in [0.2, 0.25) is 5.90 Å². The number of ether oxygens (including phenoxy) is 1. The van der Waals surface area contributed by atoms with Crippen LogP contribution in [0.4, 0.5) is 4.39 Å². The summed E-state index contributed by atoms with van der Waals surface area (Å²) in [5, 5.41) is 10.3. The van der Waals surface area contributed by atoms with Gasteiger partial charge in [0.25, 0.3) is 6.47 Å². The van der Waals surface area contributed by atoms with Crippen LogP contribution in [0.25, 0.3) is 10.6 Å². The zero-order valence-corrected chi connectivity index (χ0v) is 11.8. The van der Waals surface area contributed by atoms with Crippen molar-refractivity contribution in [3.8, 4) is 10.6 Å². The fourth-order valence-electron chi connectivity index (χ4n) is 1.60. The van der Waals surface area contributed by atoms with Crippen LogP contribution in [-0.4, -0.2) is 17.4 Å². The van der Waals surface area contributed by atoms with E-state index in [0.29, 0.717) is 5.69 Å². The number of benzene rings is 1. The van der Waals surface area contributed by atoms with Crippen LogP contribution < -0.4 is 0 Å². The van der Waals surface area contributed by atoms with Crippen molar-refractivity contribution in [3.63, 3.8) is 0 Å². The van der Waals surface area contributed by atoms with Gasteiger partial charge in [-0.1, -0.05) is 0 Å². The second kappa shape index (κ2) is 5.50. The quantitative estimate of drug-likeness (QED) is 0.534. The molecule has 0 saturated heterocycles. The molecular formula is C14H13FN2O2S. The van der Waals surface area contributed by atoms with E-state index < -0.39 is 5.41 Å². The Labute approximate surface area is 119 Å². The van der Waals surface area contributed by atoms with E-state index in [-0.39, 0.29) is 18.2 Å². The summed E-state index contributed by atoms with van der Waals surface area (Å²) >= 11 is 1.40. The summed E-state index contributed by atoms with van der Waals surface area (Å²) in [4.78, 5) is 14.8. The number of hydrogen-bond donors (Lipinski definition) is 1. The van der Waals surface area contributed by atoms with Crippen LogP contribution >= 0.6 is 11.3 Å². The van der Waals surface area contributed by atoms with Gasteiger partial charge < -0.3 is 4.74 Å². The molecule has 0 unspecified atom stereocenters. The summed E-state index contributed by atoms with van der Waals surface area (Å²) in [7, 11) is 0. The van der Waals surface area contributed by atoms with Crippen molar-refractivity contribution in [1.82, 2.24) is 4.98 Å². The predicted molar refractivity (Wildman–Crippen MR) is 75.4 cm³/mol. The molecular weight excluding hydrogens is 279 g/mol. The van der Waals surface area contributed by atoms with Crippen molar-refractivity contribution in [2.75, 3.05) is 0 Å². The summed E-state index contributed by atoms with van der Waals surface area (Å²) in [6.45, 7) is 3.74. The van der Waals surface area contributed by atoms with E-state index in [2.05, 4.69) is 9.72 Å². The van der Waals surface area contributed by atoms with Gasteiger partial charge >= 0.3 is 0 Å². The summed E-state index contributed by atoms with van der Waals surface area (Å²) in [5.41, 5.74) is 0.644. The Morgan fingerprint density at radius 1 is 1.40 bits per heavy atom. The molecule has 0 aliphatic rings. The van der Waals surface area contributed by atoms with E-state index in [1.54, 1.807) is 31.4 Å². The molecule has 0 aliphatic carbocycles. The Morgan fingerprint density at radius 2 is 2.05 bits per heavy atom. The number of hydrogen-bond acceptors (Lipinski definition) is 5. The number of rotatable bonds is 4. The van der Waals surface area contributed by atoms with Crippen molar-refractivity contribution >= 4 is 23.7 Å². The number of nitrogens with one attached hydrogen (secondary N) is 1. The minimum atomic E-state index is -0.796. The fraction of sp³-hybridized carbons (Fsp3) is 0.214. The van der Waals surface area contributed by atoms with Gasteiger partial charge in [-0.3, -0.25) is 10.2 Å². The molecule has 0 amide bonds. The van der Waals surface area contributed by atoms with E-state index in [9.17, 15) is 9.18 Å². The number of carbonyl (C=O) groups is 1. The van der Waals surface area contributed by atoms with Crippen LogP contribution in [0.15, 0.2) is 29.6 Å². The van der Waals surface area contributed by atoms with Gasteiger partial charge in [-0.25, -0.2) is 9.37 Å². The third-order valence-electron chi connectivity index (χ3n) is 2.97. The first-order valence-corrected chi connectivity index (χ1v) is 6.74. The molecule has 2 aromatic rings. The number of thiazole rings is 1. The lowest BCUT2D eigenvalue weighted by atomic mass is 9.90. The van der Waals surface area contributed by atoms with Crippen molar-refractivity contribution < 1.29 is 13.9 Å². The van der Waals surface area contributed by atoms with Gasteiger partial charge in [0.1, 0.15) is 10.8 Å². The zero-order chi connectivity index (χ0) is 14.8. The van der Waals surface area contributed by atoms with Gasteiger partial charge in [0, 0.05) is 10.9 Å². The maximum atomic E-state index is 12.9. The highest BCUT2D eigenvalue weighted by atomic mass is 32.1. The first kappa shape index (κ1) is 14.3. The second-order valence-corrected chi connectivity index (χ2v) is 5.57.